The molecule has 4 heteroatoms. The van der Waals surface area contributed by atoms with E-state index in [2.05, 4.69) is 4.98 Å². The van der Waals surface area contributed by atoms with Crippen LogP contribution in [0.5, 0.6) is 0 Å². The van der Waals surface area contributed by atoms with Crippen LogP contribution in [0.15, 0.2) is 42.5 Å². The van der Waals surface area contributed by atoms with Crippen molar-refractivity contribution in [2.75, 3.05) is 6.61 Å². The van der Waals surface area contributed by atoms with Gasteiger partial charge in [0.25, 0.3) is 0 Å². The first-order chi connectivity index (χ1) is 8.40. The van der Waals surface area contributed by atoms with Crippen LogP contribution in [0, 0.1) is 0 Å². The molecule has 0 fully saturated rings. The van der Waals surface area contributed by atoms with E-state index in [9.17, 15) is 0 Å². The first-order valence-electron chi connectivity index (χ1n) is 5.75. The van der Waals surface area contributed by atoms with Crippen LogP contribution in [0.2, 0.25) is 0 Å². The first-order valence-corrected chi connectivity index (χ1v) is 5.75. The lowest BCUT2D eigenvalue weighted by molar-refractivity contribution is 0.0496. The Kier molecular flexibility index (Phi) is 2.57. The van der Waals surface area contributed by atoms with Gasteiger partial charge in [-0.3, -0.25) is 0 Å². The molecule has 2 aliphatic rings. The second-order valence-electron chi connectivity index (χ2n) is 3.89. The van der Waals surface area contributed by atoms with E-state index in [4.69, 9.17) is 9.47 Å². The number of allylic oxidation sites excluding steroid dienone is 3. The summed E-state index contributed by atoms with van der Waals surface area (Å²) in [4.78, 5) is 4.39. The SMILES string of the molecule is CCOC1=C2c3nccn3COC2C=CC=C1. The van der Waals surface area contributed by atoms with Gasteiger partial charge in [-0.1, -0.05) is 18.2 Å². The standard InChI is InChI=1S/C13H14N2O2/c1-2-16-10-5-3-4-6-11-12(10)13-14-7-8-15(13)9-17-11/h3-8,11H,2,9H2,1H3. The predicted octanol–water partition coefficient (Wildman–Crippen LogP) is 2.11. The van der Waals surface area contributed by atoms with Crippen molar-refractivity contribution in [3.63, 3.8) is 0 Å². The predicted molar refractivity (Wildman–Crippen MR) is 63.9 cm³/mol. The molecule has 1 unspecified atom stereocenters. The molecule has 1 atom stereocenters. The Labute approximate surface area is 99.9 Å². The van der Waals surface area contributed by atoms with Gasteiger partial charge in [0.05, 0.1) is 12.2 Å². The third kappa shape index (κ3) is 1.70. The lowest BCUT2D eigenvalue weighted by atomic mass is 10.1. The highest BCUT2D eigenvalue weighted by molar-refractivity contribution is 5.71. The molecule has 0 spiro atoms. The Morgan fingerprint density at radius 2 is 2.47 bits per heavy atom. The minimum atomic E-state index is -0.0681. The molecular weight excluding hydrogens is 216 g/mol. The van der Waals surface area contributed by atoms with Gasteiger partial charge >= 0.3 is 0 Å². The van der Waals surface area contributed by atoms with Crippen LogP contribution in [0.3, 0.4) is 0 Å². The lowest BCUT2D eigenvalue weighted by Gasteiger charge is -2.25. The smallest absolute Gasteiger partial charge is 0.144 e. The number of nitrogens with zero attached hydrogens (tertiary/aromatic N) is 2. The van der Waals surface area contributed by atoms with Crippen LogP contribution in [-0.2, 0) is 16.2 Å². The van der Waals surface area contributed by atoms with Gasteiger partial charge in [0.15, 0.2) is 0 Å². The van der Waals surface area contributed by atoms with Crippen molar-refractivity contribution >= 4 is 5.57 Å². The number of ether oxygens (including phenoxy) is 2. The average Bonchev–Trinajstić information content (AvgIpc) is 2.72. The Morgan fingerprint density at radius 1 is 1.53 bits per heavy atom. The third-order valence-electron chi connectivity index (χ3n) is 2.84. The molecule has 88 valence electrons. The summed E-state index contributed by atoms with van der Waals surface area (Å²) in [6.07, 6.45) is 11.6. The lowest BCUT2D eigenvalue weighted by Crippen LogP contribution is -2.25. The molecule has 4 nitrogen and oxygen atoms in total. The van der Waals surface area contributed by atoms with Gasteiger partial charge in [0.2, 0.25) is 0 Å². The molecule has 0 saturated heterocycles. The summed E-state index contributed by atoms with van der Waals surface area (Å²) in [5.41, 5.74) is 1.01. The number of hydrogen-bond acceptors (Lipinski definition) is 3. The highest BCUT2D eigenvalue weighted by Gasteiger charge is 2.28. The molecule has 0 radical (unpaired) electrons. The molecule has 17 heavy (non-hydrogen) atoms. The average molecular weight is 230 g/mol. The van der Waals surface area contributed by atoms with Gasteiger partial charge in [-0.2, -0.15) is 0 Å². The second-order valence-corrected chi connectivity index (χ2v) is 3.89. The highest BCUT2D eigenvalue weighted by Crippen LogP contribution is 2.31. The molecule has 0 N–H and O–H groups in total. The largest absolute Gasteiger partial charge is 0.493 e. The van der Waals surface area contributed by atoms with E-state index >= 15 is 0 Å². The molecule has 1 aromatic heterocycles. The van der Waals surface area contributed by atoms with E-state index in [1.54, 1.807) is 6.20 Å². The molecule has 2 heterocycles. The topological polar surface area (TPSA) is 36.3 Å². The Hall–Kier alpha value is -1.81. The van der Waals surface area contributed by atoms with Crippen LogP contribution in [0.1, 0.15) is 12.7 Å². The molecule has 1 aliphatic carbocycles. The van der Waals surface area contributed by atoms with Crippen molar-refractivity contribution in [2.24, 2.45) is 0 Å². The third-order valence-corrected chi connectivity index (χ3v) is 2.84. The zero-order valence-electron chi connectivity index (χ0n) is 9.67. The molecule has 0 bridgehead atoms. The van der Waals surface area contributed by atoms with Crippen molar-refractivity contribution in [3.05, 3.63) is 48.3 Å². The quantitative estimate of drug-likeness (QED) is 0.780. The van der Waals surface area contributed by atoms with Crippen LogP contribution in [0.4, 0.5) is 0 Å². The van der Waals surface area contributed by atoms with Crippen molar-refractivity contribution in [1.29, 1.82) is 0 Å². The summed E-state index contributed by atoms with van der Waals surface area (Å²) >= 11 is 0. The van der Waals surface area contributed by atoms with Crippen molar-refractivity contribution < 1.29 is 9.47 Å². The Morgan fingerprint density at radius 3 is 3.35 bits per heavy atom. The van der Waals surface area contributed by atoms with E-state index < -0.39 is 0 Å². The minimum Gasteiger partial charge on any atom is -0.493 e. The highest BCUT2D eigenvalue weighted by atomic mass is 16.5. The van der Waals surface area contributed by atoms with E-state index in [1.807, 2.05) is 42.0 Å². The van der Waals surface area contributed by atoms with Crippen LogP contribution in [0.25, 0.3) is 5.57 Å². The number of imidazole rings is 1. The maximum Gasteiger partial charge on any atom is 0.144 e. The van der Waals surface area contributed by atoms with Crippen LogP contribution in [-0.4, -0.2) is 22.3 Å². The molecule has 0 saturated carbocycles. The van der Waals surface area contributed by atoms with Gasteiger partial charge in [0.1, 0.15) is 24.4 Å². The summed E-state index contributed by atoms with van der Waals surface area (Å²) in [6.45, 7) is 3.15. The summed E-state index contributed by atoms with van der Waals surface area (Å²) < 4.78 is 13.4. The van der Waals surface area contributed by atoms with Crippen molar-refractivity contribution in [1.82, 2.24) is 9.55 Å². The van der Waals surface area contributed by atoms with Gasteiger partial charge in [-0.15, -0.1) is 0 Å². The van der Waals surface area contributed by atoms with E-state index in [0.717, 1.165) is 17.2 Å². The summed E-state index contributed by atoms with van der Waals surface area (Å²) in [6, 6.07) is 0. The van der Waals surface area contributed by atoms with Gasteiger partial charge in [0, 0.05) is 12.4 Å². The summed E-state index contributed by atoms with van der Waals surface area (Å²) in [5.74, 6) is 1.77. The van der Waals surface area contributed by atoms with Crippen LogP contribution >= 0.6 is 0 Å². The molecule has 0 amide bonds. The zero-order chi connectivity index (χ0) is 11.7. The number of aromatic nitrogens is 2. The van der Waals surface area contributed by atoms with Crippen LogP contribution < -0.4 is 0 Å². The summed E-state index contributed by atoms with van der Waals surface area (Å²) in [7, 11) is 0. The van der Waals surface area contributed by atoms with Gasteiger partial charge < -0.3 is 14.0 Å². The molecule has 3 rings (SSSR count). The first kappa shape index (κ1) is 10.4. The van der Waals surface area contributed by atoms with Crippen molar-refractivity contribution in [2.45, 2.75) is 19.8 Å². The van der Waals surface area contributed by atoms with Crippen molar-refractivity contribution in [3.8, 4) is 0 Å². The Bertz CT molecular complexity index is 511. The fourth-order valence-corrected chi connectivity index (χ4v) is 2.11. The second kappa shape index (κ2) is 4.22. The molecule has 1 aromatic rings. The number of fused-ring (bicyclic) bond motifs is 3. The zero-order valence-corrected chi connectivity index (χ0v) is 9.67. The van der Waals surface area contributed by atoms with E-state index in [1.165, 1.54) is 0 Å². The van der Waals surface area contributed by atoms with E-state index in [0.29, 0.717) is 13.3 Å². The fourth-order valence-electron chi connectivity index (χ4n) is 2.11. The minimum absolute atomic E-state index is 0.0681. The maximum atomic E-state index is 5.78. The number of hydrogen-bond donors (Lipinski definition) is 0. The maximum absolute atomic E-state index is 5.78. The molecule has 1 aliphatic heterocycles. The van der Waals surface area contributed by atoms with E-state index in [-0.39, 0.29) is 6.10 Å². The van der Waals surface area contributed by atoms with Gasteiger partial charge in [-0.25, -0.2) is 4.98 Å². The number of rotatable bonds is 2. The normalized spacial score (nSPS) is 22.1. The van der Waals surface area contributed by atoms with Gasteiger partial charge in [-0.05, 0) is 13.0 Å². The Balaban J connectivity index is 2.15. The summed E-state index contributed by atoms with van der Waals surface area (Å²) in [5, 5.41) is 0. The molecule has 0 aromatic carbocycles. The monoisotopic (exact) mass is 230 g/mol. The molecular formula is C13H14N2O2. The fraction of sp³-hybridized carbons (Fsp3) is 0.308.